The summed E-state index contributed by atoms with van der Waals surface area (Å²) >= 11 is 1.36. The van der Waals surface area contributed by atoms with Gasteiger partial charge in [0.25, 0.3) is 0 Å². The van der Waals surface area contributed by atoms with E-state index < -0.39 is 0 Å². The molecule has 0 fully saturated rings. The van der Waals surface area contributed by atoms with Crippen molar-refractivity contribution in [1.82, 2.24) is 0 Å². The van der Waals surface area contributed by atoms with E-state index in [1.165, 1.54) is 22.9 Å². The molecular weight excluding hydrogens is 180 g/mol. The second-order valence-electron chi connectivity index (χ2n) is 2.95. The van der Waals surface area contributed by atoms with Crippen LogP contribution >= 0.6 is 11.8 Å². The highest BCUT2D eigenvalue weighted by Crippen LogP contribution is 2.13. The molecule has 1 aromatic carbocycles. The molecule has 0 spiro atoms. The zero-order valence-electron chi connectivity index (χ0n) is 8.04. The van der Waals surface area contributed by atoms with Crippen molar-refractivity contribution in [2.45, 2.75) is 26.0 Å². The summed E-state index contributed by atoms with van der Waals surface area (Å²) in [6.07, 6.45) is 1.07. The third-order valence-corrected chi connectivity index (χ3v) is 2.76. The second-order valence-corrected chi connectivity index (χ2v) is 4.10. The molecule has 0 aliphatic carbocycles. The van der Waals surface area contributed by atoms with Gasteiger partial charge in [0.05, 0.1) is 0 Å². The van der Waals surface area contributed by atoms with Crippen molar-refractivity contribution >= 4 is 16.9 Å². The van der Waals surface area contributed by atoms with Gasteiger partial charge in [-0.1, -0.05) is 43.0 Å². The minimum atomic E-state index is 0.180. The van der Waals surface area contributed by atoms with Crippen molar-refractivity contribution in [2.24, 2.45) is 0 Å². The van der Waals surface area contributed by atoms with Gasteiger partial charge in [0.1, 0.15) is 0 Å². The van der Waals surface area contributed by atoms with Crippen LogP contribution in [-0.2, 0) is 17.0 Å². The summed E-state index contributed by atoms with van der Waals surface area (Å²) in [6.45, 7) is 3.74. The minimum absolute atomic E-state index is 0.180. The lowest BCUT2D eigenvalue weighted by Crippen LogP contribution is -1.86. The van der Waals surface area contributed by atoms with Gasteiger partial charge in [0, 0.05) is 12.7 Å². The normalized spacial score (nSPS) is 10.0. The van der Waals surface area contributed by atoms with E-state index in [4.69, 9.17) is 0 Å². The Kier molecular flexibility index (Phi) is 4.03. The van der Waals surface area contributed by atoms with Crippen LogP contribution < -0.4 is 0 Å². The van der Waals surface area contributed by atoms with Crippen molar-refractivity contribution in [3.63, 3.8) is 0 Å². The van der Waals surface area contributed by atoms with E-state index in [-0.39, 0.29) is 5.12 Å². The van der Waals surface area contributed by atoms with Crippen LogP contribution in [0.2, 0.25) is 0 Å². The van der Waals surface area contributed by atoms with Crippen LogP contribution in [0.15, 0.2) is 24.3 Å². The Bertz CT molecular complexity index is 277. The average Bonchev–Trinajstić information content (AvgIpc) is 2.15. The third kappa shape index (κ3) is 3.64. The molecule has 0 aliphatic heterocycles. The Hall–Kier alpha value is -0.760. The van der Waals surface area contributed by atoms with Crippen LogP contribution in [0.3, 0.4) is 0 Å². The van der Waals surface area contributed by atoms with Crippen LogP contribution in [0, 0.1) is 0 Å². The summed E-state index contributed by atoms with van der Waals surface area (Å²) in [5, 5.41) is 0.180. The molecule has 0 atom stereocenters. The molecule has 2 heteroatoms. The van der Waals surface area contributed by atoms with Gasteiger partial charge in [-0.05, 0) is 17.5 Å². The summed E-state index contributed by atoms with van der Waals surface area (Å²) in [7, 11) is 0. The van der Waals surface area contributed by atoms with Crippen LogP contribution in [0.5, 0.6) is 0 Å². The number of thioether (sulfide) groups is 1. The number of hydrogen-bond donors (Lipinski definition) is 0. The molecule has 70 valence electrons. The lowest BCUT2D eigenvalue weighted by atomic mass is 10.1. The largest absolute Gasteiger partial charge is 0.288 e. The van der Waals surface area contributed by atoms with Crippen LogP contribution in [0.4, 0.5) is 0 Å². The number of aryl methyl sites for hydroxylation is 1. The van der Waals surface area contributed by atoms with E-state index in [1.807, 2.05) is 0 Å². The summed E-state index contributed by atoms with van der Waals surface area (Å²) < 4.78 is 0. The fourth-order valence-corrected chi connectivity index (χ4v) is 1.62. The highest BCUT2D eigenvalue weighted by molar-refractivity contribution is 8.12. The van der Waals surface area contributed by atoms with Crippen molar-refractivity contribution in [2.75, 3.05) is 0 Å². The molecule has 0 saturated carbocycles. The van der Waals surface area contributed by atoms with Crippen molar-refractivity contribution in [1.29, 1.82) is 0 Å². The Balaban J connectivity index is 2.54. The monoisotopic (exact) mass is 194 g/mol. The highest BCUT2D eigenvalue weighted by Gasteiger charge is 1.96. The molecule has 0 bridgehead atoms. The fourth-order valence-electron chi connectivity index (χ4n) is 1.06. The fraction of sp³-hybridized carbons (Fsp3) is 0.364. The molecule has 1 rings (SSSR count). The van der Waals surface area contributed by atoms with Crippen molar-refractivity contribution in [3.8, 4) is 0 Å². The lowest BCUT2D eigenvalue weighted by molar-refractivity contribution is -0.109. The van der Waals surface area contributed by atoms with Crippen LogP contribution in [0.1, 0.15) is 25.0 Å². The standard InChI is InChI=1S/C11H14OS/c1-3-10-4-6-11(7-5-10)8-13-9(2)12/h4-7H,3,8H2,1-2H3. The maximum Gasteiger partial charge on any atom is 0.186 e. The smallest absolute Gasteiger partial charge is 0.186 e. The van der Waals surface area contributed by atoms with Crippen LogP contribution in [0.25, 0.3) is 0 Å². The molecule has 1 aromatic rings. The first kappa shape index (κ1) is 10.3. The van der Waals surface area contributed by atoms with Gasteiger partial charge in [-0.2, -0.15) is 0 Å². The number of carbonyl (C=O) groups excluding carboxylic acids is 1. The number of carbonyl (C=O) groups is 1. The van der Waals surface area contributed by atoms with Gasteiger partial charge in [-0.15, -0.1) is 0 Å². The molecule has 0 radical (unpaired) electrons. The molecule has 0 aliphatic rings. The quantitative estimate of drug-likeness (QED) is 0.735. The maximum atomic E-state index is 10.7. The zero-order valence-corrected chi connectivity index (χ0v) is 8.86. The average molecular weight is 194 g/mol. The summed E-state index contributed by atoms with van der Waals surface area (Å²) in [5.41, 5.74) is 2.56. The van der Waals surface area contributed by atoms with Gasteiger partial charge in [0.2, 0.25) is 0 Å². The molecule has 0 saturated heterocycles. The van der Waals surface area contributed by atoms with Gasteiger partial charge in [-0.3, -0.25) is 4.79 Å². The second kappa shape index (κ2) is 5.07. The molecule has 0 amide bonds. The van der Waals surface area contributed by atoms with Crippen molar-refractivity contribution in [3.05, 3.63) is 35.4 Å². The van der Waals surface area contributed by atoms with Crippen LogP contribution in [-0.4, -0.2) is 5.12 Å². The molecular formula is C11H14OS. The van der Waals surface area contributed by atoms with Gasteiger partial charge >= 0.3 is 0 Å². The van der Waals surface area contributed by atoms with Gasteiger partial charge in [0.15, 0.2) is 5.12 Å². The SMILES string of the molecule is CCc1ccc(CSC(C)=O)cc1. The van der Waals surface area contributed by atoms with E-state index in [9.17, 15) is 4.79 Å². The predicted octanol–water partition coefficient (Wildman–Crippen LogP) is 3.03. The summed E-state index contributed by atoms with van der Waals surface area (Å²) in [6, 6.07) is 8.43. The molecule has 0 aromatic heterocycles. The summed E-state index contributed by atoms with van der Waals surface area (Å²) in [4.78, 5) is 10.7. The molecule has 13 heavy (non-hydrogen) atoms. The van der Waals surface area contributed by atoms with Gasteiger partial charge < -0.3 is 0 Å². The highest BCUT2D eigenvalue weighted by atomic mass is 32.2. The summed E-state index contributed by atoms with van der Waals surface area (Å²) in [5.74, 6) is 0.791. The Morgan fingerprint density at radius 3 is 2.23 bits per heavy atom. The zero-order chi connectivity index (χ0) is 9.68. The van der Waals surface area contributed by atoms with E-state index in [1.54, 1.807) is 6.92 Å². The Labute approximate surface area is 83.5 Å². The molecule has 1 nitrogen and oxygen atoms in total. The first-order chi connectivity index (χ1) is 6.22. The molecule has 0 N–H and O–H groups in total. The van der Waals surface area contributed by atoms with E-state index in [2.05, 4.69) is 31.2 Å². The maximum absolute atomic E-state index is 10.7. The van der Waals surface area contributed by atoms with Gasteiger partial charge in [-0.25, -0.2) is 0 Å². The lowest BCUT2D eigenvalue weighted by Gasteiger charge is -2.00. The first-order valence-corrected chi connectivity index (χ1v) is 5.42. The number of benzene rings is 1. The van der Waals surface area contributed by atoms with E-state index in [0.717, 1.165) is 12.2 Å². The predicted molar refractivity (Wildman–Crippen MR) is 57.8 cm³/mol. The first-order valence-electron chi connectivity index (χ1n) is 4.43. The minimum Gasteiger partial charge on any atom is -0.288 e. The Morgan fingerprint density at radius 1 is 1.23 bits per heavy atom. The Morgan fingerprint density at radius 2 is 1.77 bits per heavy atom. The molecule has 0 heterocycles. The number of hydrogen-bond acceptors (Lipinski definition) is 2. The number of rotatable bonds is 3. The van der Waals surface area contributed by atoms with Crippen molar-refractivity contribution < 1.29 is 4.79 Å². The molecule has 0 unspecified atom stereocenters. The third-order valence-electron chi connectivity index (χ3n) is 1.87. The van der Waals surface area contributed by atoms with E-state index in [0.29, 0.717) is 0 Å². The topological polar surface area (TPSA) is 17.1 Å². The van der Waals surface area contributed by atoms with E-state index >= 15 is 0 Å².